The molecule has 0 aliphatic carbocycles. The lowest BCUT2D eigenvalue weighted by Crippen LogP contribution is -2.04. The van der Waals surface area contributed by atoms with E-state index in [4.69, 9.17) is 4.42 Å². The summed E-state index contributed by atoms with van der Waals surface area (Å²) in [5, 5.41) is 0. The number of nitrogens with zero attached hydrogens (tertiary/aromatic N) is 1. The molecule has 2 rings (SSSR count). The predicted octanol–water partition coefficient (Wildman–Crippen LogP) is 2.10. The number of aromatic nitrogens is 1. The molecule has 0 aromatic carbocycles. The van der Waals surface area contributed by atoms with Crippen molar-refractivity contribution >= 4 is 5.78 Å². The minimum atomic E-state index is 0.00648. The van der Waals surface area contributed by atoms with Crippen LogP contribution in [0.15, 0.2) is 47.4 Å². The molecule has 0 amide bonds. The number of carbonyl (C=O) groups is 1. The van der Waals surface area contributed by atoms with E-state index in [2.05, 4.69) is 4.98 Å². The predicted molar refractivity (Wildman–Crippen MR) is 51.0 cm³/mol. The maximum absolute atomic E-state index is 11.6. The number of Topliss-reactive ketones (excluding diaryl/α,β-unsaturated/α-hetero) is 1. The molecule has 0 bridgehead atoms. The highest BCUT2D eigenvalue weighted by molar-refractivity contribution is 5.95. The zero-order valence-electron chi connectivity index (χ0n) is 7.51. The highest BCUT2D eigenvalue weighted by Gasteiger charge is 2.07. The van der Waals surface area contributed by atoms with E-state index in [0.29, 0.717) is 12.1 Å². The zero-order chi connectivity index (χ0) is 9.80. The molecule has 2 aromatic rings. The second kappa shape index (κ2) is 3.87. The first-order valence-electron chi connectivity index (χ1n) is 4.31. The summed E-state index contributed by atoms with van der Waals surface area (Å²) in [7, 11) is 0. The van der Waals surface area contributed by atoms with Gasteiger partial charge in [-0.1, -0.05) is 6.07 Å². The van der Waals surface area contributed by atoms with Crippen molar-refractivity contribution in [3.8, 4) is 0 Å². The zero-order valence-corrected chi connectivity index (χ0v) is 7.51. The average molecular weight is 187 g/mol. The van der Waals surface area contributed by atoms with Gasteiger partial charge in [-0.15, -0.1) is 0 Å². The summed E-state index contributed by atoms with van der Waals surface area (Å²) in [6.45, 7) is 0. The molecule has 0 spiro atoms. The van der Waals surface area contributed by atoms with Gasteiger partial charge in [-0.25, -0.2) is 0 Å². The van der Waals surface area contributed by atoms with E-state index in [1.165, 1.54) is 0 Å². The van der Waals surface area contributed by atoms with Crippen molar-refractivity contribution < 1.29 is 9.21 Å². The lowest BCUT2D eigenvalue weighted by Gasteiger charge is -1.96. The summed E-state index contributed by atoms with van der Waals surface area (Å²) in [6, 6.07) is 7.08. The molecule has 0 aliphatic rings. The van der Waals surface area contributed by atoms with Crippen LogP contribution in [-0.2, 0) is 6.42 Å². The van der Waals surface area contributed by atoms with Crippen molar-refractivity contribution in [3.63, 3.8) is 0 Å². The smallest absolute Gasteiger partial charge is 0.185 e. The fourth-order valence-electron chi connectivity index (χ4n) is 1.20. The summed E-state index contributed by atoms with van der Waals surface area (Å²) in [5.41, 5.74) is 1.37. The topological polar surface area (TPSA) is 43.1 Å². The quantitative estimate of drug-likeness (QED) is 0.691. The lowest BCUT2D eigenvalue weighted by molar-refractivity contribution is 0.0988. The van der Waals surface area contributed by atoms with Crippen LogP contribution in [-0.4, -0.2) is 10.8 Å². The molecule has 0 radical (unpaired) electrons. The van der Waals surface area contributed by atoms with Gasteiger partial charge in [0, 0.05) is 12.6 Å². The maximum atomic E-state index is 11.6. The van der Waals surface area contributed by atoms with E-state index < -0.39 is 0 Å². The van der Waals surface area contributed by atoms with Crippen LogP contribution in [0.2, 0.25) is 0 Å². The third-order valence-corrected chi connectivity index (χ3v) is 1.90. The maximum Gasteiger partial charge on any atom is 0.185 e. The second-order valence-corrected chi connectivity index (χ2v) is 2.95. The lowest BCUT2D eigenvalue weighted by atomic mass is 10.1. The minimum Gasteiger partial charge on any atom is -0.472 e. The molecule has 0 atom stereocenters. The number of carbonyl (C=O) groups excluding carboxylic acids is 1. The summed E-state index contributed by atoms with van der Waals surface area (Å²) >= 11 is 0. The van der Waals surface area contributed by atoms with Crippen molar-refractivity contribution in [3.05, 3.63) is 54.2 Å². The van der Waals surface area contributed by atoms with Crippen molar-refractivity contribution in [1.82, 2.24) is 4.98 Å². The molecule has 3 heteroatoms. The molecule has 14 heavy (non-hydrogen) atoms. The first kappa shape index (κ1) is 8.69. The van der Waals surface area contributed by atoms with Gasteiger partial charge in [-0.05, 0) is 23.8 Å². The van der Waals surface area contributed by atoms with Crippen LogP contribution in [0.5, 0.6) is 0 Å². The highest BCUT2D eigenvalue weighted by atomic mass is 16.3. The van der Waals surface area contributed by atoms with Crippen molar-refractivity contribution in [2.75, 3.05) is 0 Å². The van der Waals surface area contributed by atoms with Crippen molar-refractivity contribution in [2.45, 2.75) is 6.42 Å². The number of furan rings is 1. The summed E-state index contributed by atoms with van der Waals surface area (Å²) in [4.78, 5) is 15.6. The van der Waals surface area contributed by atoms with E-state index in [0.717, 1.165) is 5.56 Å². The normalized spacial score (nSPS) is 10.0. The fourth-order valence-corrected chi connectivity index (χ4v) is 1.20. The third kappa shape index (κ3) is 1.88. The summed E-state index contributed by atoms with van der Waals surface area (Å²) in [5.74, 6) is 0.00648. The molecule has 2 heterocycles. The highest BCUT2D eigenvalue weighted by Crippen LogP contribution is 2.05. The van der Waals surface area contributed by atoms with Gasteiger partial charge in [0.05, 0.1) is 12.5 Å². The Balaban J connectivity index is 2.11. The molecule has 3 nitrogen and oxygen atoms in total. The number of pyridine rings is 1. The van der Waals surface area contributed by atoms with Crippen LogP contribution in [0.3, 0.4) is 0 Å². The largest absolute Gasteiger partial charge is 0.472 e. The van der Waals surface area contributed by atoms with Crippen LogP contribution in [0.25, 0.3) is 0 Å². The molecule has 0 unspecified atom stereocenters. The average Bonchev–Trinajstić information content (AvgIpc) is 2.72. The first-order valence-corrected chi connectivity index (χ1v) is 4.31. The molecule has 0 saturated carbocycles. The van der Waals surface area contributed by atoms with Gasteiger partial charge in [0.1, 0.15) is 5.69 Å². The van der Waals surface area contributed by atoms with Gasteiger partial charge in [-0.2, -0.15) is 0 Å². The monoisotopic (exact) mass is 187 g/mol. The standard InChI is InChI=1S/C11H9NO2/c13-11(7-9-4-6-14-8-9)10-3-1-2-5-12-10/h1-6,8H,7H2. The summed E-state index contributed by atoms with van der Waals surface area (Å²) in [6.07, 6.45) is 5.08. The number of hydrogen-bond acceptors (Lipinski definition) is 3. The summed E-state index contributed by atoms with van der Waals surface area (Å²) < 4.78 is 4.88. The Morgan fingerprint density at radius 3 is 2.93 bits per heavy atom. The van der Waals surface area contributed by atoms with Gasteiger partial charge in [0.25, 0.3) is 0 Å². The molecule has 70 valence electrons. The van der Waals surface area contributed by atoms with E-state index >= 15 is 0 Å². The van der Waals surface area contributed by atoms with Gasteiger partial charge in [-0.3, -0.25) is 9.78 Å². The van der Waals surface area contributed by atoms with Crippen LogP contribution < -0.4 is 0 Å². The molecule has 0 aliphatic heterocycles. The van der Waals surface area contributed by atoms with E-state index in [1.807, 2.05) is 0 Å². The first-order chi connectivity index (χ1) is 6.86. The Bertz CT molecular complexity index is 406. The van der Waals surface area contributed by atoms with Crippen molar-refractivity contribution in [2.24, 2.45) is 0 Å². The Kier molecular flexibility index (Phi) is 2.40. The second-order valence-electron chi connectivity index (χ2n) is 2.95. The van der Waals surface area contributed by atoms with E-state index in [-0.39, 0.29) is 5.78 Å². The van der Waals surface area contributed by atoms with Crippen LogP contribution >= 0.6 is 0 Å². The molecule has 0 fully saturated rings. The Hall–Kier alpha value is -1.90. The molecule has 2 aromatic heterocycles. The molecular weight excluding hydrogens is 178 g/mol. The fraction of sp³-hybridized carbons (Fsp3) is 0.0909. The number of rotatable bonds is 3. The molecule has 0 saturated heterocycles. The Labute approximate surface area is 81.4 Å². The van der Waals surface area contributed by atoms with Gasteiger partial charge >= 0.3 is 0 Å². The SMILES string of the molecule is O=C(Cc1ccoc1)c1ccccn1. The molecular formula is C11H9NO2. The van der Waals surface area contributed by atoms with E-state index in [1.54, 1.807) is 43.0 Å². The van der Waals surface area contributed by atoms with Gasteiger partial charge in [0.15, 0.2) is 5.78 Å². The minimum absolute atomic E-state index is 0.00648. The van der Waals surface area contributed by atoms with Gasteiger partial charge < -0.3 is 4.42 Å². The van der Waals surface area contributed by atoms with Crippen LogP contribution in [0.4, 0.5) is 0 Å². The number of hydrogen-bond donors (Lipinski definition) is 0. The number of ketones is 1. The van der Waals surface area contributed by atoms with Crippen molar-refractivity contribution in [1.29, 1.82) is 0 Å². The van der Waals surface area contributed by atoms with Gasteiger partial charge in [0.2, 0.25) is 0 Å². The Morgan fingerprint density at radius 2 is 2.29 bits per heavy atom. The third-order valence-electron chi connectivity index (χ3n) is 1.90. The van der Waals surface area contributed by atoms with Crippen LogP contribution in [0, 0.1) is 0 Å². The van der Waals surface area contributed by atoms with E-state index in [9.17, 15) is 4.79 Å². The molecule has 0 N–H and O–H groups in total. The Morgan fingerprint density at radius 1 is 1.36 bits per heavy atom. The van der Waals surface area contributed by atoms with Crippen LogP contribution in [0.1, 0.15) is 16.1 Å².